The number of benzene rings is 1. The Morgan fingerprint density at radius 3 is 2.17 bits per heavy atom. The van der Waals surface area contributed by atoms with E-state index in [0.717, 1.165) is 12.1 Å². The second kappa shape index (κ2) is 4.20. The fourth-order valence-corrected chi connectivity index (χ4v) is 1.63. The van der Waals surface area contributed by atoms with E-state index in [1.54, 1.807) is 6.92 Å². The Morgan fingerprint density at radius 2 is 1.78 bits per heavy atom. The molecule has 3 nitrogen and oxygen atoms in total. The molecule has 18 heavy (non-hydrogen) atoms. The lowest BCUT2D eigenvalue weighted by molar-refractivity contribution is -0.137. The monoisotopic (exact) mass is 275 g/mol. The number of nitrogens with two attached hydrogens (primary N) is 1. The van der Waals surface area contributed by atoms with Crippen LogP contribution in [0.25, 0.3) is 5.69 Å². The van der Waals surface area contributed by atoms with E-state index in [9.17, 15) is 13.2 Å². The second-order valence-corrected chi connectivity index (χ2v) is 4.12. The van der Waals surface area contributed by atoms with Crippen molar-refractivity contribution in [1.82, 2.24) is 9.78 Å². The Morgan fingerprint density at radius 1 is 1.22 bits per heavy atom. The minimum absolute atomic E-state index is 0.203. The second-order valence-electron chi connectivity index (χ2n) is 3.74. The molecule has 0 fully saturated rings. The van der Waals surface area contributed by atoms with Gasteiger partial charge in [-0.25, -0.2) is 4.68 Å². The molecule has 0 radical (unpaired) electrons. The highest BCUT2D eigenvalue weighted by Gasteiger charge is 2.30. The van der Waals surface area contributed by atoms with Gasteiger partial charge in [0.1, 0.15) is 10.8 Å². The van der Waals surface area contributed by atoms with E-state index in [2.05, 4.69) is 5.10 Å². The zero-order valence-electron chi connectivity index (χ0n) is 9.29. The SMILES string of the molecule is Cc1nn(-c2ccc(C(F)(F)F)cc2)c(N)c1Cl. The summed E-state index contributed by atoms with van der Waals surface area (Å²) in [5.41, 5.74) is 5.93. The molecule has 7 heteroatoms. The number of anilines is 1. The molecule has 0 atom stereocenters. The molecule has 0 unspecified atom stereocenters. The Labute approximate surface area is 106 Å². The minimum atomic E-state index is -4.36. The summed E-state index contributed by atoms with van der Waals surface area (Å²) in [6.45, 7) is 1.67. The van der Waals surface area contributed by atoms with Gasteiger partial charge in [0.15, 0.2) is 0 Å². The smallest absolute Gasteiger partial charge is 0.382 e. The highest BCUT2D eigenvalue weighted by atomic mass is 35.5. The third kappa shape index (κ3) is 2.15. The molecular weight excluding hydrogens is 267 g/mol. The van der Waals surface area contributed by atoms with Gasteiger partial charge in [-0.2, -0.15) is 18.3 Å². The first-order valence-electron chi connectivity index (χ1n) is 4.99. The van der Waals surface area contributed by atoms with Crippen molar-refractivity contribution in [2.24, 2.45) is 0 Å². The number of nitrogen functional groups attached to an aromatic ring is 1. The van der Waals surface area contributed by atoms with Crippen molar-refractivity contribution in [3.05, 3.63) is 40.5 Å². The largest absolute Gasteiger partial charge is 0.416 e. The van der Waals surface area contributed by atoms with Gasteiger partial charge >= 0.3 is 6.18 Å². The molecule has 96 valence electrons. The van der Waals surface area contributed by atoms with E-state index in [1.165, 1.54) is 16.8 Å². The van der Waals surface area contributed by atoms with E-state index in [4.69, 9.17) is 17.3 Å². The van der Waals surface area contributed by atoms with E-state index >= 15 is 0 Å². The van der Waals surface area contributed by atoms with Gasteiger partial charge < -0.3 is 5.73 Å². The molecule has 0 spiro atoms. The number of hydrogen-bond donors (Lipinski definition) is 1. The minimum Gasteiger partial charge on any atom is -0.382 e. The third-order valence-corrected chi connectivity index (χ3v) is 2.93. The van der Waals surface area contributed by atoms with Crippen molar-refractivity contribution >= 4 is 17.4 Å². The molecular formula is C11H9ClF3N3. The van der Waals surface area contributed by atoms with Crippen molar-refractivity contribution in [3.8, 4) is 5.69 Å². The fourth-order valence-electron chi connectivity index (χ4n) is 1.51. The third-order valence-electron chi connectivity index (χ3n) is 2.46. The van der Waals surface area contributed by atoms with Crippen molar-refractivity contribution in [1.29, 1.82) is 0 Å². The van der Waals surface area contributed by atoms with Crippen LogP contribution in [0.4, 0.5) is 19.0 Å². The van der Waals surface area contributed by atoms with Crippen molar-refractivity contribution in [2.75, 3.05) is 5.73 Å². The predicted octanol–water partition coefficient (Wildman–Crippen LogP) is 3.44. The number of aryl methyl sites for hydroxylation is 1. The first-order valence-corrected chi connectivity index (χ1v) is 5.36. The summed E-state index contributed by atoms with van der Waals surface area (Å²) >= 11 is 5.86. The molecule has 0 bridgehead atoms. The van der Waals surface area contributed by atoms with Crippen LogP contribution in [0.2, 0.25) is 5.02 Å². The van der Waals surface area contributed by atoms with Gasteiger partial charge in [0.25, 0.3) is 0 Å². The highest BCUT2D eigenvalue weighted by molar-refractivity contribution is 6.33. The summed E-state index contributed by atoms with van der Waals surface area (Å²) in [4.78, 5) is 0. The molecule has 0 saturated heterocycles. The molecule has 2 rings (SSSR count). The number of rotatable bonds is 1. The van der Waals surface area contributed by atoms with Gasteiger partial charge in [-0.05, 0) is 31.2 Å². The molecule has 1 aromatic carbocycles. The molecule has 0 amide bonds. The zero-order valence-corrected chi connectivity index (χ0v) is 10.0. The molecule has 1 aromatic heterocycles. The molecule has 2 N–H and O–H groups in total. The first kappa shape index (κ1) is 12.8. The average molecular weight is 276 g/mol. The molecule has 0 aliphatic heterocycles. The van der Waals surface area contributed by atoms with E-state index in [1.807, 2.05) is 0 Å². The van der Waals surface area contributed by atoms with Crippen LogP contribution in [0, 0.1) is 6.92 Å². The number of alkyl halides is 3. The molecule has 2 aromatic rings. The number of nitrogens with zero attached hydrogens (tertiary/aromatic N) is 2. The van der Waals surface area contributed by atoms with Crippen LogP contribution in [0.3, 0.4) is 0 Å². The zero-order chi connectivity index (χ0) is 13.5. The van der Waals surface area contributed by atoms with Crippen LogP contribution in [-0.4, -0.2) is 9.78 Å². The lowest BCUT2D eigenvalue weighted by Gasteiger charge is -2.08. The topological polar surface area (TPSA) is 43.8 Å². The van der Waals surface area contributed by atoms with Crippen LogP contribution in [-0.2, 0) is 6.18 Å². The maximum Gasteiger partial charge on any atom is 0.416 e. The van der Waals surface area contributed by atoms with Crippen LogP contribution in [0.15, 0.2) is 24.3 Å². The molecule has 0 saturated carbocycles. The summed E-state index contributed by atoms with van der Waals surface area (Å²) in [5.74, 6) is 0.203. The maximum atomic E-state index is 12.4. The van der Waals surface area contributed by atoms with E-state index < -0.39 is 11.7 Å². The fraction of sp³-hybridized carbons (Fsp3) is 0.182. The lowest BCUT2D eigenvalue weighted by atomic mass is 10.2. The highest BCUT2D eigenvalue weighted by Crippen LogP contribution is 2.30. The van der Waals surface area contributed by atoms with Crippen LogP contribution < -0.4 is 5.73 Å². The number of halogens is 4. The van der Waals surface area contributed by atoms with Crippen LogP contribution >= 0.6 is 11.6 Å². The lowest BCUT2D eigenvalue weighted by Crippen LogP contribution is -2.06. The Hall–Kier alpha value is -1.69. The Bertz CT molecular complexity index is 572. The molecule has 0 aliphatic rings. The average Bonchev–Trinajstić information content (AvgIpc) is 2.56. The Kier molecular flexibility index (Phi) is 2.98. The normalized spacial score (nSPS) is 11.8. The van der Waals surface area contributed by atoms with Gasteiger partial charge in [-0.15, -0.1) is 0 Å². The van der Waals surface area contributed by atoms with Gasteiger partial charge in [0.2, 0.25) is 0 Å². The van der Waals surface area contributed by atoms with E-state index in [-0.39, 0.29) is 5.82 Å². The van der Waals surface area contributed by atoms with Gasteiger partial charge in [0, 0.05) is 0 Å². The summed E-state index contributed by atoms with van der Waals surface area (Å²) in [7, 11) is 0. The van der Waals surface area contributed by atoms with E-state index in [0.29, 0.717) is 16.4 Å². The summed E-state index contributed by atoms with van der Waals surface area (Å²) < 4.78 is 38.5. The van der Waals surface area contributed by atoms with Crippen molar-refractivity contribution in [3.63, 3.8) is 0 Å². The summed E-state index contributed by atoms with van der Waals surface area (Å²) in [5, 5.41) is 4.35. The van der Waals surface area contributed by atoms with Crippen LogP contribution in [0.5, 0.6) is 0 Å². The first-order chi connectivity index (χ1) is 8.30. The van der Waals surface area contributed by atoms with Gasteiger partial charge in [-0.1, -0.05) is 11.6 Å². The quantitative estimate of drug-likeness (QED) is 0.866. The van der Waals surface area contributed by atoms with Crippen LogP contribution in [0.1, 0.15) is 11.3 Å². The van der Waals surface area contributed by atoms with Gasteiger partial charge in [-0.3, -0.25) is 0 Å². The predicted molar refractivity (Wildman–Crippen MR) is 62.7 cm³/mol. The number of aromatic nitrogens is 2. The number of hydrogen-bond acceptors (Lipinski definition) is 2. The van der Waals surface area contributed by atoms with Crippen molar-refractivity contribution < 1.29 is 13.2 Å². The molecule has 0 aliphatic carbocycles. The molecule has 1 heterocycles. The Balaban J connectivity index is 2.44. The van der Waals surface area contributed by atoms with Gasteiger partial charge in [0.05, 0.1) is 16.9 Å². The van der Waals surface area contributed by atoms with Crippen molar-refractivity contribution in [2.45, 2.75) is 13.1 Å². The summed E-state index contributed by atoms with van der Waals surface area (Å²) in [6, 6.07) is 4.53. The summed E-state index contributed by atoms with van der Waals surface area (Å²) in [6.07, 6.45) is -4.36. The maximum absolute atomic E-state index is 12.4. The standard InChI is InChI=1S/C11H9ClF3N3/c1-6-9(12)10(16)18(17-6)8-4-2-7(3-5-8)11(13,14)15/h2-5H,16H2,1H3.